The number of rotatable bonds is 1. The Morgan fingerprint density at radius 3 is 2.21 bits per heavy atom. The SMILES string of the molecule is CN1OC23CC2N(C(C)(C)C)C(C(C)(C)C)C3C1c1ccccc1. The Hall–Kier alpha value is -0.900. The minimum atomic E-state index is 0.0283. The van der Waals surface area contributed by atoms with Crippen molar-refractivity contribution >= 4 is 0 Å². The fourth-order valence-electron chi connectivity index (χ4n) is 5.63. The largest absolute Gasteiger partial charge is 0.290 e. The predicted octanol–water partition coefficient (Wildman–Crippen LogP) is 4.26. The third-order valence-electron chi connectivity index (χ3n) is 6.31. The third kappa shape index (κ3) is 2.14. The second-order valence-corrected chi connectivity index (χ2v) is 10.1. The normalized spacial score (nSPS) is 39.8. The highest BCUT2D eigenvalue weighted by Gasteiger charge is 2.79. The van der Waals surface area contributed by atoms with E-state index in [1.807, 2.05) is 0 Å². The van der Waals surface area contributed by atoms with Crippen molar-refractivity contribution in [1.82, 2.24) is 9.96 Å². The summed E-state index contributed by atoms with van der Waals surface area (Å²) in [6.07, 6.45) is 1.18. The van der Waals surface area contributed by atoms with Crippen molar-refractivity contribution in [1.29, 1.82) is 0 Å². The third-order valence-corrected chi connectivity index (χ3v) is 6.31. The van der Waals surface area contributed by atoms with Crippen LogP contribution in [0, 0.1) is 11.3 Å². The Kier molecular flexibility index (Phi) is 3.34. The monoisotopic (exact) mass is 328 g/mol. The summed E-state index contributed by atoms with van der Waals surface area (Å²) in [5.41, 5.74) is 1.80. The molecule has 3 nitrogen and oxygen atoms in total. The van der Waals surface area contributed by atoms with Crippen molar-refractivity contribution in [3.8, 4) is 0 Å². The van der Waals surface area contributed by atoms with E-state index in [4.69, 9.17) is 4.84 Å². The minimum absolute atomic E-state index is 0.0283. The highest BCUT2D eigenvalue weighted by Crippen LogP contribution is 2.69. The van der Waals surface area contributed by atoms with Gasteiger partial charge in [-0.2, -0.15) is 5.06 Å². The maximum atomic E-state index is 6.56. The van der Waals surface area contributed by atoms with E-state index in [2.05, 4.69) is 88.9 Å². The molecule has 24 heavy (non-hydrogen) atoms. The number of hydrogen-bond donors (Lipinski definition) is 0. The van der Waals surface area contributed by atoms with Gasteiger partial charge in [0.05, 0.1) is 6.04 Å². The summed E-state index contributed by atoms with van der Waals surface area (Å²) in [7, 11) is 2.13. The highest BCUT2D eigenvalue weighted by atomic mass is 16.7. The first-order valence-electron chi connectivity index (χ1n) is 9.33. The van der Waals surface area contributed by atoms with E-state index in [0.29, 0.717) is 24.0 Å². The molecule has 1 saturated carbocycles. The second kappa shape index (κ2) is 4.84. The molecule has 1 aromatic rings. The number of benzene rings is 1. The molecule has 1 aromatic carbocycles. The molecule has 2 heterocycles. The van der Waals surface area contributed by atoms with Gasteiger partial charge in [0.25, 0.3) is 0 Å². The van der Waals surface area contributed by atoms with Gasteiger partial charge in [-0.1, -0.05) is 51.1 Å². The van der Waals surface area contributed by atoms with Gasteiger partial charge in [-0.25, -0.2) is 0 Å². The van der Waals surface area contributed by atoms with E-state index in [1.54, 1.807) is 0 Å². The van der Waals surface area contributed by atoms with Crippen LogP contribution < -0.4 is 0 Å². The van der Waals surface area contributed by atoms with Gasteiger partial charge in [0.2, 0.25) is 0 Å². The number of hydroxylamine groups is 2. The lowest BCUT2D eigenvalue weighted by molar-refractivity contribution is -0.160. The zero-order chi connectivity index (χ0) is 17.5. The van der Waals surface area contributed by atoms with Crippen molar-refractivity contribution in [3.63, 3.8) is 0 Å². The molecule has 3 heteroatoms. The molecule has 5 unspecified atom stereocenters. The first-order chi connectivity index (χ1) is 11.1. The zero-order valence-corrected chi connectivity index (χ0v) is 16.2. The lowest BCUT2D eigenvalue weighted by atomic mass is 9.72. The van der Waals surface area contributed by atoms with Crippen LogP contribution in [0.5, 0.6) is 0 Å². The smallest absolute Gasteiger partial charge is 0.113 e. The minimum Gasteiger partial charge on any atom is -0.290 e. The average molecular weight is 329 g/mol. The maximum absolute atomic E-state index is 6.56. The molecular formula is C21H32N2O. The zero-order valence-electron chi connectivity index (χ0n) is 16.2. The summed E-state index contributed by atoms with van der Waals surface area (Å²) in [6, 6.07) is 12.4. The summed E-state index contributed by atoms with van der Waals surface area (Å²) in [5, 5.41) is 2.15. The molecule has 0 bridgehead atoms. The molecule has 5 atom stereocenters. The van der Waals surface area contributed by atoms with E-state index in [-0.39, 0.29) is 16.6 Å². The Balaban J connectivity index is 1.82. The molecule has 0 aromatic heterocycles. The molecule has 0 radical (unpaired) electrons. The Morgan fingerprint density at radius 2 is 1.67 bits per heavy atom. The first kappa shape index (κ1) is 16.6. The van der Waals surface area contributed by atoms with Gasteiger partial charge in [0, 0.05) is 30.6 Å². The van der Waals surface area contributed by atoms with Crippen molar-refractivity contribution in [2.45, 2.75) is 77.2 Å². The van der Waals surface area contributed by atoms with Gasteiger partial charge in [-0.3, -0.25) is 9.74 Å². The van der Waals surface area contributed by atoms with Crippen LogP contribution in [0.25, 0.3) is 0 Å². The number of likely N-dealkylation sites (tertiary alicyclic amines) is 1. The maximum Gasteiger partial charge on any atom is 0.113 e. The van der Waals surface area contributed by atoms with E-state index < -0.39 is 0 Å². The van der Waals surface area contributed by atoms with Gasteiger partial charge < -0.3 is 0 Å². The van der Waals surface area contributed by atoms with Gasteiger partial charge in [-0.15, -0.1) is 0 Å². The predicted molar refractivity (Wildman–Crippen MR) is 97.5 cm³/mol. The first-order valence-corrected chi connectivity index (χ1v) is 9.33. The summed E-state index contributed by atoms with van der Waals surface area (Å²) < 4.78 is 0. The molecule has 0 amide bonds. The van der Waals surface area contributed by atoms with Crippen LogP contribution in [-0.4, -0.2) is 40.2 Å². The van der Waals surface area contributed by atoms with E-state index >= 15 is 0 Å². The van der Waals surface area contributed by atoms with Crippen LogP contribution in [0.3, 0.4) is 0 Å². The second-order valence-electron chi connectivity index (χ2n) is 10.1. The molecule has 2 saturated heterocycles. The fourth-order valence-corrected chi connectivity index (χ4v) is 5.63. The van der Waals surface area contributed by atoms with Crippen LogP contribution in [0.1, 0.15) is 59.6 Å². The fraction of sp³-hybridized carbons (Fsp3) is 0.714. The molecule has 2 aliphatic heterocycles. The van der Waals surface area contributed by atoms with E-state index in [9.17, 15) is 0 Å². The lowest BCUT2D eigenvalue weighted by Crippen LogP contribution is -2.55. The average Bonchev–Trinajstić information content (AvgIpc) is 2.94. The van der Waals surface area contributed by atoms with E-state index in [1.165, 1.54) is 12.0 Å². The van der Waals surface area contributed by atoms with Crippen LogP contribution >= 0.6 is 0 Å². The molecule has 4 rings (SSSR count). The lowest BCUT2D eigenvalue weighted by Gasteiger charge is -2.48. The number of hydrogen-bond acceptors (Lipinski definition) is 3. The Labute approximate surface area is 146 Å². The van der Waals surface area contributed by atoms with Gasteiger partial charge in [-0.05, 0) is 38.2 Å². The summed E-state index contributed by atoms with van der Waals surface area (Å²) in [5.74, 6) is 0.522. The highest BCUT2D eigenvalue weighted by molar-refractivity contribution is 5.34. The van der Waals surface area contributed by atoms with Crippen molar-refractivity contribution in [2.75, 3.05) is 7.05 Å². The number of piperidine rings is 1. The van der Waals surface area contributed by atoms with Gasteiger partial charge >= 0.3 is 0 Å². The van der Waals surface area contributed by atoms with E-state index in [0.717, 1.165) is 0 Å². The van der Waals surface area contributed by atoms with Crippen LogP contribution in [-0.2, 0) is 4.84 Å². The molecule has 1 aliphatic carbocycles. The van der Waals surface area contributed by atoms with Crippen molar-refractivity contribution in [2.24, 2.45) is 11.3 Å². The van der Waals surface area contributed by atoms with Crippen LogP contribution in [0.4, 0.5) is 0 Å². The topological polar surface area (TPSA) is 15.7 Å². The summed E-state index contributed by atoms with van der Waals surface area (Å²) in [4.78, 5) is 9.33. The molecule has 0 N–H and O–H groups in total. The summed E-state index contributed by atoms with van der Waals surface area (Å²) in [6.45, 7) is 14.3. The summed E-state index contributed by atoms with van der Waals surface area (Å²) >= 11 is 0. The molecule has 3 fully saturated rings. The number of nitrogens with zero attached hydrogens (tertiary/aromatic N) is 2. The van der Waals surface area contributed by atoms with Crippen LogP contribution in [0.2, 0.25) is 0 Å². The molecular weight excluding hydrogens is 296 g/mol. The Morgan fingerprint density at radius 1 is 1.04 bits per heavy atom. The van der Waals surface area contributed by atoms with Gasteiger partial charge in [0.15, 0.2) is 0 Å². The van der Waals surface area contributed by atoms with Gasteiger partial charge in [0.1, 0.15) is 5.60 Å². The Bertz CT molecular complexity index is 629. The quantitative estimate of drug-likeness (QED) is 0.766. The van der Waals surface area contributed by atoms with Crippen molar-refractivity contribution in [3.05, 3.63) is 35.9 Å². The molecule has 3 aliphatic rings. The standard InChI is InChI=1S/C21H32N2O/c1-19(2,3)18-16-17(14-11-9-8-10-12-14)22(7)24-21(16)13-15(21)23(18)20(4,5)6/h8-12,15-18H,13H2,1-7H3. The van der Waals surface area contributed by atoms with Crippen molar-refractivity contribution < 1.29 is 4.84 Å². The molecule has 1 spiro atoms. The molecule has 132 valence electrons. The van der Waals surface area contributed by atoms with Crippen LogP contribution in [0.15, 0.2) is 30.3 Å².